The molecule has 0 atom stereocenters. The molecule has 0 fully saturated rings. The molecule has 2 amide bonds. The van der Waals surface area contributed by atoms with E-state index in [1.165, 1.54) is 6.07 Å². The van der Waals surface area contributed by atoms with Gasteiger partial charge in [0, 0.05) is 18.3 Å². The van der Waals surface area contributed by atoms with Gasteiger partial charge in [-0.05, 0) is 40.2 Å². The van der Waals surface area contributed by atoms with E-state index in [9.17, 15) is 9.59 Å². The molecule has 3 rings (SSSR count). The molecule has 0 spiro atoms. The van der Waals surface area contributed by atoms with Crippen molar-refractivity contribution in [2.24, 2.45) is 7.05 Å². The standard InChI is InChI=1S/C16H14BrN5O3/c1-22-9-19-21-15(22)10-3-2-4-11(7-10)20-14(23)8-18-16(24)12-5-6-13(17)25-12/h2-7,9H,8H2,1H3,(H,18,24)(H,20,23). The molecule has 2 aromatic heterocycles. The minimum Gasteiger partial charge on any atom is -0.444 e. The lowest BCUT2D eigenvalue weighted by atomic mass is 10.2. The molecule has 0 aliphatic rings. The quantitative estimate of drug-likeness (QED) is 0.679. The van der Waals surface area contributed by atoms with Crippen LogP contribution < -0.4 is 10.6 Å². The van der Waals surface area contributed by atoms with Crippen LogP contribution in [0.5, 0.6) is 0 Å². The maximum Gasteiger partial charge on any atom is 0.287 e. The van der Waals surface area contributed by atoms with E-state index in [4.69, 9.17) is 4.42 Å². The van der Waals surface area contributed by atoms with Gasteiger partial charge in [-0.3, -0.25) is 9.59 Å². The van der Waals surface area contributed by atoms with Crippen LogP contribution in [0.25, 0.3) is 11.4 Å². The smallest absolute Gasteiger partial charge is 0.287 e. The molecule has 2 N–H and O–H groups in total. The molecule has 0 saturated carbocycles. The summed E-state index contributed by atoms with van der Waals surface area (Å²) in [4.78, 5) is 23.9. The molecular formula is C16H14BrN5O3. The highest BCUT2D eigenvalue weighted by Gasteiger charge is 2.12. The summed E-state index contributed by atoms with van der Waals surface area (Å²) in [6.07, 6.45) is 1.60. The van der Waals surface area contributed by atoms with Crippen molar-refractivity contribution < 1.29 is 14.0 Å². The van der Waals surface area contributed by atoms with Crippen molar-refractivity contribution in [2.75, 3.05) is 11.9 Å². The maximum absolute atomic E-state index is 12.0. The SMILES string of the molecule is Cn1cnnc1-c1cccc(NC(=O)CNC(=O)c2ccc(Br)o2)c1. The van der Waals surface area contributed by atoms with Crippen LogP contribution in [0.1, 0.15) is 10.6 Å². The van der Waals surface area contributed by atoms with Gasteiger partial charge in [-0.1, -0.05) is 12.1 Å². The Kier molecular flexibility index (Phi) is 4.94. The Hall–Kier alpha value is -2.94. The zero-order valence-corrected chi connectivity index (χ0v) is 14.8. The summed E-state index contributed by atoms with van der Waals surface area (Å²) in [6.45, 7) is -0.175. The largest absolute Gasteiger partial charge is 0.444 e. The van der Waals surface area contributed by atoms with Gasteiger partial charge in [0.15, 0.2) is 16.3 Å². The number of carbonyl (C=O) groups is 2. The molecule has 9 heteroatoms. The molecular weight excluding hydrogens is 390 g/mol. The first-order valence-corrected chi connectivity index (χ1v) is 8.10. The molecule has 0 unspecified atom stereocenters. The van der Waals surface area contributed by atoms with Crippen LogP contribution in [0.4, 0.5) is 5.69 Å². The summed E-state index contributed by atoms with van der Waals surface area (Å²) in [6, 6.07) is 10.3. The normalized spacial score (nSPS) is 10.5. The average Bonchev–Trinajstić information content (AvgIpc) is 3.21. The first-order chi connectivity index (χ1) is 12.0. The molecule has 2 heterocycles. The van der Waals surface area contributed by atoms with Crippen molar-refractivity contribution in [1.29, 1.82) is 0 Å². The monoisotopic (exact) mass is 403 g/mol. The summed E-state index contributed by atoms with van der Waals surface area (Å²) in [5.74, 6) is -0.000440. The molecule has 0 radical (unpaired) electrons. The van der Waals surface area contributed by atoms with Crippen molar-refractivity contribution in [3.63, 3.8) is 0 Å². The van der Waals surface area contributed by atoms with E-state index < -0.39 is 5.91 Å². The fraction of sp³-hybridized carbons (Fsp3) is 0.125. The number of carbonyl (C=O) groups excluding carboxylic acids is 2. The van der Waals surface area contributed by atoms with Gasteiger partial charge in [0.2, 0.25) is 5.91 Å². The first-order valence-electron chi connectivity index (χ1n) is 7.31. The number of halogens is 1. The van der Waals surface area contributed by atoms with E-state index in [0.29, 0.717) is 16.2 Å². The topological polar surface area (TPSA) is 102 Å². The number of nitrogens with one attached hydrogen (secondary N) is 2. The lowest BCUT2D eigenvalue weighted by Gasteiger charge is -2.08. The highest BCUT2D eigenvalue weighted by Crippen LogP contribution is 2.20. The maximum atomic E-state index is 12.0. The van der Waals surface area contributed by atoms with E-state index in [1.807, 2.05) is 13.1 Å². The number of amides is 2. The Morgan fingerprint density at radius 3 is 2.80 bits per heavy atom. The molecule has 0 aliphatic heterocycles. The average molecular weight is 404 g/mol. The number of rotatable bonds is 5. The van der Waals surface area contributed by atoms with Crippen molar-refractivity contribution in [2.45, 2.75) is 0 Å². The van der Waals surface area contributed by atoms with Gasteiger partial charge in [-0.25, -0.2) is 0 Å². The first kappa shape index (κ1) is 16.9. The van der Waals surface area contributed by atoms with E-state index in [1.54, 1.807) is 35.2 Å². The summed E-state index contributed by atoms with van der Waals surface area (Å²) in [7, 11) is 1.84. The van der Waals surface area contributed by atoms with E-state index in [0.717, 1.165) is 5.56 Å². The van der Waals surface area contributed by atoms with Gasteiger partial charge < -0.3 is 19.6 Å². The second kappa shape index (κ2) is 7.31. The summed E-state index contributed by atoms with van der Waals surface area (Å²) in [5, 5.41) is 13.1. The van der Waals surface area contributed by atoms with Crippen molar-refractivity contribution in [1.82, 2.24) is 20.1 Å². The molecule has 0 bridgehead atoms. The van der Waals surface area contributed by atoms with E-state index >= 15 is 0 Å². The number of nitrogens with zero attached hydrogens (tertiary/aromatic N) is 3. The Labute approximate surface area is 151 Å². The molecule has 8 nitrogen and oxygen atoms in total. The van der Waals surface area contributed by atoms with Crippen molar-refractivity contribution in [3.05, 3.63) is 53.2 Å². The summed E-state index contributed by atoms with van der Waals surface area (Å²) < 4.78 is 7.35. The van der Waals surface area contributed by atoms with E-state index in [2.05, 4.69) is 36.8 Å². The Balaban J connectivity index is 1.60. The predicted octanol–water partition coefficient (Wildman–Crippen LogP) is 2.21. The Morgan fingerprint density at radius 1 is 1.28 bits per heavy atom. The number of benzene rings is 1. The van der Waals surface area contributed by atoms with Gasteiger partial charge >= 0.3 is 0 Å². The minimum atomic E-state index is -0.464. The molecule has 25 heavy (non-hydrogen) atoms. The zero-order valence-electron chi connectivity index (χ0n) is 13.2. The summed E-state index contributed by atoms with van der Waals surface area (Å²) >= 11 is 3.12. The summed E-state index contributed by atoms with van der Waals surface area (Å²) in [5.41, 5.74) is 1.42. The van der Waals surface area contributed by atoms with Crippen LogP contribution >= 0.6 is 15.9 Å². The molecule has 0 aliphatic carbocycles. The number of anilines is 1. The number of aromatic nitrogens is 3. The van der Waals surface area contributed by atoms with Gasteiger partial charge in [0.05, 0.1) is 6.54 Å². The predicted molar refractivity (Wildman–Crippen MR) is 93.8 cm³/mol. The Bertz CT molecular complexity index is 918. The lowest BCUT2D eigenvalue weighted by Crippen LogP contribution is -2.32. The van der Waals surface area contributed by atoms with E-state index in [-0.39, 0.29) is 18.2 Å². The van der Waals surface area contributed by atoms with Crippen LogP contribution in [0.15, 0.2) is 51.8 Å². The van der Waals surface area contributed by atoms with Crippen molar-refractivity contribution in [3.8, 4) is 11.4 Å². The lowest BCUT2D eigenvalue weighted by molar-refractivity contribution is -0.115. The highest BCUT2D eigenvalue weighted by atomic mass is 79.9. The molecule has 1 aromatic carbocycles. The van der Waals surface area contributed by atoms with Crippen molar-refractivity contribution >= 4 is 33.4 Å². The van der Waals surface area contributed by atoms with Crippen LogP contribution in [0, 0.1) is 0 Å². The number of aryl methyl sites for hydroxylation is 1. The molecule has 128 valence electrons. The second-order valence-electron chi connectivity index (χ2n) is 5.18. The molecule has 3 aromatic rings. The van der Waals surface area contributed by atoms with Crippen LogP contribution in [0.2, 0.25) is 0 Å². The number of furan rings is 1. The zero-order chi connectivity index (χ0) is 17.8. The second-order valence-corrected chi connectivity index (χ2v) is 5.96. The minimum absolute atomic E-state index is 0.129. The Morgan fingerprint density at radius 2 is 2.12 bits per heavy atom. The number of hydrogen-bond acceptors (Lipinski definition) is 5. The third-order valence-corrected chi connectivity index (χ3v) is 3.75. The third-order valence-electron chi connectivity index (χ3n) is 3.32. The molecule has 0 saturated heterocycles. The van der Waals surface area contributed by atoms with Gasteiger partial charge in [0.1, 0.15) is 6.33 Å². The van der Waals surface area contributed by atoms with Gasteiger partial charge in [-0.2, -0.15) is 0 Å². The number of hydrogen-bond donors (Lipinski definition) is 2. The third kappa shape index (κ3) is 4.13. The van der Waals surface area contributed by atoms with Crippen LogP contribution in [-0.4, -0.2) is 33.1 Å². The van der Waals surface area contributed by atoms with Crippen LogP contribution in [0.3, 0.4) is 0 Å². The fourth-order valence-corrected chi connectivity index (χ4v) is 2.48. The van der Waals surface area contributed by atoms with Crippen LogP contribution in [-0.2, 0) is 11.8 Å². The fourth-order valence-electron chi connectivity index (χ4n) is 2.17. The van der Waals surface area contributed by atoms with Gasteiger partial charge in [0.25, 0.3) is 5.91 Å². The van der Waals surface area contributed by atoms with Gasteiger partial charge in [-0.15, -0.1) is 10.2 Å². The highest BCUT2D eigenvalue weighted by molar-refractivity contribution is 9.10.